The molecule has 0 radical (unpaired) electrons. The van der Waals surface area contributed by atoms with Crippen molar-refractivity contribution in [1.29, 1.82) is 0 Å². The first-order valence-corrected chi connectivity index (χ1v) is 6.91. The summed E-state index contributed by atoms with van der Waals surface area (Å²) in [5.74, 6) is 0.860. The Balaban J connectivity index is 2.00. The molecule has 1 aromatic heterocycles. The summed E-state index contributed by atoms with van der Waals surface area (Å²) in [7, 11) is 0. The minimum Gasteiger partial charge on any atom is -0.388 e. The number of aliphatic hydroxyl groups is 1. The lowest BCUT2D eigenvalue weighted by Gasteiger charge is -2.31. The molecule has 1 aliphatic carbocycles. The molecular weight excluding hydrogens is 220 g/mol. The highest BCUT2D eigenvalue weighted by molar-refractivity contribution is 7.15. The third-order valence-corrected chi connectivity index (χ3v) is 4.51. The summed E-state index contributed by atoms with van der Waals surface area (Å²) in [6.45, 7) is 6.09. The van der Waals surface area contributed by atoms with E-state index in [1.807, 2.05) is 0 Å². The molecule has 0 spiro atoms. The van der Waals surface area contributed by atoms with Gasteiger partial charge in [-0.05, 0) is 32.6 Å². The lowest BCUT2D eigenvalue weighted by molar-refractivity contribution is 0.203. The van der Waals surface area contributed by atoms with Crippen molar-refractivity contribution in [3.63, 3.8) is 0 Å². The highest BCUT2D eigenvalue weighted by atomic mass is 32.1. The predicted molar refractivity (Wildman–Crippen MR) is 68.0 cm³/mol. The van der Waals surface area contributed by atoms with Gasteiger partial charge in [-0.15, -0.1) is 0 Å². The van der Waals surface area contributed by atoms with E-state index in [-0.39, 0.29) is 0 Å². The molecular formula is C12H20N2OS. The topological polar surface area (TPSA) is 36.4 Å². The van der Waals surface area contributed by atoms with E-state index in [2.05, 4.69) is 16.8 Å². The lowest BCUT2D eigenvalue weighted by atomic mass is 9.85. The fourth-order valence-electron chi connectivity index (χ4n) is 1.95. The Hall–Kier alpha value is -0.610. The minimum atomic E-state index is -0.395. The van der Waals surface area contributed by atoms with Crippen LogP contribution in [0, 0.1) is 5.92 Å². The first-order chi connectivity index (χ1) is 7.70. The molecule has 1 heterocycles. The van der Waals surface area contributed by atoms with Crippen molar-refractivity contribution >= 4 is 16.5 Å². The molecule has 2 rings (SSSR count). The van der Waals surface area contributed by atoms with Gasteiger partial charge in [0.15, 0.2) is 5.13 Å². The van der Waals surface area contributed by atoms with E-state index in [0.29, 0.717) is 0 Å². The Bertz CT molecular complexity index is 334. The fraction of sp³-hybridized carbons (Fsp3) is 0.750. The Morgan fingerprint density at radius 2 is 2.38 bits per heavy atom. The molecule has 0 bridgehead atoms. The van der Waals surface area contributed by atoms with Crippen LogP contribution in [0.4, 0.5) is 5.13 Å². The zero-order valence-electron chi connectivity index (χ0n) is 10.0. The van der Waals surface area contributed by atoms with Crippen LogP contribution in [0.25, 0.3) is 0 Å². The summed E-state index contributed by atoms with van der Waals surface area (Å²) in [5.41, 5.74) is 0. The Kier molecular flexibility index (Phi) is 3.82. The molecule has 0 amide bonds. The number of nitrogens with zero attached hydrogens (tertiary/aromatic N) is 2. The number of hydrogen-bond donors (Lipinski definition) is 1. The first-order valence-electron chi connectivity index (χ1n) is 6.09. The molecule has 16 heavy (non-hydrogen) atoms. The summed E-state index contributed by atoms with van der Waals surface area (Å²) in [6.07, 6.45) is 5.53. The second-order valence-corrected chi connectivity index (χ2v) is 5.60. The number of rotatable bonds is 5. The maximum Gasteiger partial charge on any atom is 0.185 e. The van der Waals surface area contributed by atoms with Crippen LogP contribution in [0.2, 0.25) is 0 Å². The summed E-state index contributed by atoms with van der Waals surface area (Å²) in [5, 5.41) is 10.5. The summed E-state index contributed by atoms with van der Waals surface area (Å²) < 4.78 is 0. The van der Waals surface area contributed by atoms with Crippen molar-refractivity contribution < 1.29 is 5.11 Å². The maximum atomic E-state index is 9.48. The zero-order valence-corrected chi connectivity index (χ0v) is 10.8. The smallest absolute Gasteiger partial charge is 0.185 e. The first kappa shape index (κ1) is 11.9. The van der Waals surface area contributed by atoms with Gasteiger partial charge in [0.05, 0.1) is 11.0 Å². The number of hydrogen-bond acceptors (Lipinski definition) is 4. The van der Waals surface area contributed by atoms with Gasteiger partial charge in [0, 0.05) is 19.3 Å². The zero-order chi connectivity index (χ0) is 11.5. The van der Waals surface area contributed by atoms with Crippen molar-refractivity contribution in [2.75, 3.05) is 18.0 Å². The molecule has 3 nitrogen and oxygen atoms in total. The largest absolute Gasteiger partial charge is 0.388 e. The molecule has 1 aliphatic rings. The van der Waals surface area contributed by atoms with Crippen molar-refractivity contribution in [2.45, 2.75) is 39.2 Å². The Morgan fingerprint density at radius 1 is 1.62 bits per heavy atom. The van der Waals surface area contributed by atoms with Crippen molar-refractivity contribution in [3.8, 4) is 0 Å². The maximum absolute atomic E-state index is 9.48. The van der Waals surface area contributed by atoms with E-state index in [0.717, 1.165) is 29.0 Å². The fourth-order valence-corrected chi connectivity index (χ4v) is 2.87. The van der Waals surface area contributed by atoms with Gasteiger partial charge >= 0.3 is 0 Å². The van der Waals surface area contributed by atoms with Crippen LogP contribution in [0.5, 0.6) is 0 Å². The quantitative estimate of drug-likeness (QED) is 0.859. The van der Waals surface area contributed by atoms with Crippen LogP contribution in [0.15, 0.2) is 6.20 Å². The standard InChI is InChI=1S/C12H20N2OS/c1-3-14(8-10-5-4-6-10)12-13-7-11(16-12)9(2)15/h7,9-10,15H,3-6,8H2,1-2H3. The van der Waals surface area contributed by atoms with E-state index in [1.54, 1.807) is 24.5 Å². The van der Waals surface area contributed by atoms with Gasteiger partial charge < -0.3 is 10.0 Å². The van der Waals surface area contributed by atoms with Gasteiger partial charge in [0.2, 0.25) is 0 Å². The summed E-state index contributed by atoms with van der Waals surface area (Å²) in [6, 6.07) is 0. The average molecular weight is 240 g/mol. The van der Waals surface area contributed by atoms with E-state index in [1.165, 1.54) is 19.3 Å². The van der Waals surface area contributed by atoms with Gasteiger partial charge in [-0.2, -0.15) is 0 Å². The molecule has 1 atom stereocenters. The van der Waals surface area contributed by atoms with Crippen LogP contribution >= 0.6 is 11.3 Å². The van der Waals surface area contributed by atoms with Gasteiger partial charge in [0.1, 0.15) is 0 Å². The van der Waals surface area contributed by atoms with Crippen LogP contribution in [0.1, 0.15) is 44.1 Å². The predicted octanol–water partition coefficient (Wildman–Crippen LogP) is 2.82. The summed E-state index contributed by atoms with van der Waals surface area (Å²) in [4.78, 5) is 7.70. The molecule has 0 aliphatic heterocycles. The van der Waals surface area contributed by atoms with Crippen molar-refractivity contribution in [1.82, 2.24) is 4.98 Å². The van der Waals surface area contributed by atoms with E-state index >= 15 is 0 Å². The highest BCUT2D eigenvalue weighted by Crippen LogP contribution is 2.31. The minimum absolute atomic E-state index is 0.395. The van der Waals surface area contributed by atoms with Crippen molar-refractivity contribution in [2.24, 2.45) is 5.92 Å². The third-order valence-electron chi connectivity index (χ3n) is 3.28. The van der Waals surface area contributed by atoms with Crippen LogP contribution in [0.3, 0.4) is 0 Å². The van der Waals surface area contributed by atoms with Crippen LogP contribution in [-0.2, 0) is 0 Å². The molecule has 0 saturated heterocycles. The van der Waals surface area contributed by atoms with Crippen LogP contribution < -0.4 is 4.90 Å². The summed E-state index contributed by atoms with van der Waals surface area (Å²) >= 11 is 1.62. The highest BCUT2D eigenvalue weighted by Gasteiger charge is 2.21. The molecule has 1 fully saturated rings. The number of anilines is 1. The Labute approximate surface area is 101 Å². The molecule has 0 aromatic carbocycles. The van der Waals surface area contributed by atoms with E-state index in [4.69, 9.17) is 0 Å². The Morgan fingerprint density at radius 3 is 2.81 bits per heavy atom. The van der Waals surface area contributed by atoms with E-state index < -0.39 is 6.10 Å². The van der Waals surface area contributed by atoms with Gasteiger partial charge in [0.25, 0.3) is 0 Å². The molecule has 1 unspecified atom stereocenters. The molecule has 4 heteroatoms. The number of thiazole rings is 1. The van der Waals surface area contributed by atoms with Gasteiger partial charge in [-0.25, -0.2) is 4.98 Å². The van der Waals surface area contributed by atoms with Gasteiger partial charge in [-0.3, -0.25) is 0 Å². The average Bonchev–Trinajstić information content (AvgIpc) is 2.65. The molecule has 1 aromatic rings. The normalized spacial score (nSPS) is 18.2. The number of aromatic nitrogens is 1. The van der Waals surface area contributed by atoms with Gasteiger partial charge in [-0.1, -0.05) is 17.8 Å². The number of aliphatic hydroxyl groups excluding tert-OH is 1. The SMILES string of the molecule is CCN(CC1CCC1)c1ncc(C(C)O)s1. The second-order valence-electron chi connectivity index (χ2n) is 4.56. The molecule has 1 N–H and O–H groups in total. The molecule has 90 valence electrons. The van der Waals surface area contributed by atoms with E-state index in [9.17, 15) is 5.11 Å². The second kappa shape index (κ2) is 5.15. The lowest BCUT2D eigenvalue weighted by Crippen LogP contribution is -2.32. The molecule has 1 saturated carbocycles. The van der Waals surface area contributed by atoms with Crippen LogP contribution in [-0.4, -0.2) is 23.2 Å². The third kappa shape index (κ3) is 2.55. The monoisotopic (exact) mass is 240 g/mol. The van der Waals surface area contributed by atoms with Crippen molar-refractivity contribution in [3.05, 3.63) is 11.1 Å².